The topological polar surface area (TPSA) is 103 Å². The van der Waals surface area contributed by atoms with Crippen molar-refractivity contribution in [3.05, 3.63) is 40.7 Å². The number of carbonyl (C=O) groups is 1. The molecule has 0 spiro atoms. The molecule has 1 aromatic carbocycles. The second kappa shape index (κ2) is 8.05. The van der Waals surface area contributed by atoms with Crippen LogP contribution in [0.25, 0.3) is 11.4 Å². The van der Waals surface area contributed by atoms with Gasteiger partial charge < -0.3 is 4.74 Å². The summed E-state index contributed by atoms with van der Waals surface area (Å²) in [7, 11) is 0. The van der Waals surface area contributed by atoms with Crippen molar-refractivity contribution in [3.8, 4) is 11.4 Å². The van der Waals surface area contributed by atoms with Crippen LogP contribution in [-0.4, -0.2) is 50.3 Å². The Balaban J connectivity index is 1.66. The van der Waals surface area contributed by atoms with Crippen molar-refractivity contribution < 1.29 is 14.5 Å². The number of carbonyl (C=O) groups excluding carboxylic acids is 1. The molecule has 9 heteroatoms. The molecule has 9 nitrogen and oxygen atoms in total. The molecule has 3 rings (SSSR count). The van der Waals surface area contributed by atoms with Crippen LogP contribution in [0.3, 0.4) is 0 Å². The van der Waals surface area contributed by atoms with Crippen LogP contribution < -0.4 is 0 Å². The van der Waals surface area contributed by atoms with E-state index >= 15 is 0 Å². The number of likely N-dealkylation sites (tertiary alicyclic amines) is 1. The monoisotopic (exact) mass is 359 g/mol. The summed E-state index contributed by atoms with van der Waals surface area (Å²) in [4.78, 5) is 28.8. The molecule has 1 atom stereocenters. The molecule has 0 aliphatic carbocycles. The predicted octanol–water partition coefficient (Wildman–Crippen LogP) is 2.09. The van der Waals surface area contributed by atoms with Gasteiger partial charge in [0.05, 0.1) is 24.1 Å². The van der Waals surface area contributed by atoms with Gasteiger partial charge in [-0.05, 0) is 26.3 Å². The molecule has 2 aromatic rings. The van der Waals surface area contributed by atoms with E-state index in [9.17, 15) is 14.9 Å². The van der Waals surface area contributed by atoms with Gasteiger partial charge in [0.25, 0.3) is 5.69 Å². The number of ether oxygens (including phenoxy) is 1. The molecule has 1 saturated heterocycles. The van der Waals surface area contributed by atoms with Crippen LogP contribution in [0.15, 0.2) is 30.6 Å². The van der Waals surface area contributed by atoms with Gasteiger partial charge in [0.2, 0.25) is 0 Å². The highest BCUT2D eigenvalue weighted by Gasteiger charge is 2.27. The van der Waals surface area contributed by atoms with E-state index in [2.05, 4.69) is 15.0 Å². The Hall–Kier alpha value is -2.81. The first kappa shape index (κ1) is 18.0. The molecular weight excluding hydrogens is 338 g/mol. The van der Waals surface area contributed by atoms with E-state index in [0.29, 0.717) is 31.2 Å². The number of nitro groups is 1. The summed E-state index contributed by atoms with van der Waals surface area (Å²) >= 11 is 0. The molecule has 1 aliphatic heterocycles. The summed E-state index contributed by atoms with van der Waals surface area (Å²) in [5.41, 5.74) is 0.605. The fourth-order valence-electron chi connectivity index (χ4n) is 3.10. The summed E-state index contributed by atoms with van der Waals surface area (Å²) in [6.45, 7) is 4.22. The van der Waals surface area contributed by atoms with Gasteiger partial charge in [0.1, 0.15) is 6.33 Å². The minimum Gasteiger partial charge on any atom is -0.466 e. The highest BCUT2D eigenvalue weighted by Crippen LogP contribution is 2.21. The van der Waals surface area contributed by atoms with Gasteiger partial charge in [0, 0.05) is 24.2 Å². The summed E-state index contributed by atoms with van der Waals surface area (Å²) in [5.74, 6) is 0.184. The number of benzene rings is 1. The normalized spacial score (nSPS) is 17.8. The van der Waals surface area contributed by atoms with Crippen LogP contribution in [0.4, 0.5) is 5.69 Å². The third kappa shape index (κ3) is 4.23. The molecule has 0 saturated carbocycles. The highest BCUT2D eigenvalue weighted by atomic mass is 16.6. The molecule has 0 N–H and O–H groups in total. The van der Waals surface area contributed by atoms with Gasteiger partial charge >= 0.3 is 5.97 Å². The zero-order valence-electron chi connectivity index (χ0n) is 14.6. The number of rotatable bonds is 6. The van der Waals surface area contributed by atoms with Crippen molar-refractivity contribution in [1.29, 1.82) is 0 Å². The van der Waals surface area contributed by atoms with Gasteiger partial charge in [0.15, 0.2) is 5.82 Å². The maximum atomic E-state index is 11.9. The highest BCUT2D eigenvalue weighted by molar-refractivity contribution is 5.72. The second-order valence-corrected chi connectivity index (χ2v) is 6.22. The molecule has 0 bridgehead atoms. The van der Waals surface area contributed by atoms with Crippen LogP contribution in [-0.2, 0) is 16.2 Å². The average molecular weight is 359 g/mol. The molecule has 26 heavy (non-hydrogen) atoms. The van der Waals surface area contributed by atoms with E-state index in [0.717, 1.165) is 19.4 Å². The Labute approximate surface area is 150 Å². The summed E-state index contributed by atoms with van der Waals surface area (Å²) in [6.07, 6.45) is 3.36. The third-order valence-corrected chi connectivity index (χ3v) is 4.32. The van der Waals surface area contributed by atoms with E-state index in [1.54, 1.807) is 23.1 Å². The first-order valence-corrected chi connectivity index (χ1v) is 8.60. The third-order valence-electron chi connectivity index (χ3n) is 4.32. The van der Waals surface area contributed by atoms with Gasteiger partial charge in [-0.1, -0.05) is 12.1 Å². The molecule has 138 valence electrons. The van der Waals surface area contributed by atoms with Gasteiger partial charge in [-0.3, -0.25) is 19.8 Å². The largest absolute Gasteiger partial charge is 0.466 e. The molecule has 1 aromatic heterocycles. The molecule has 0 radical (unpaired) electrons. The molecule has 2 heterocycles. The Kier molecular flexibility index (Phi) is 5.57. The fourth-order valence-corrected chi connectivity index (χ4v) is 3.10. The molecule has 0 unspecified atom stereocenters. The summed E-state index contributed by atoms with van der Waals surface area (Å²) in [5, 5.41) is 15.3. The van der Waals surface area contributed by atoms with Gasteiger partial charge in [-0.25, -0.2) is 9.67 Å². The van der Waals surface area contributed by atoms with Crippen LogP contribution in [0.5, 0.6) is 0 Å². The maximum absolute atomic E-state index is 11.9. The number of nitrogens with zero attached hydrogens (tertiary/aromatic N) is 5. The Morgan fingerprint density at radius 1 is 1.46 bits per heavy atom. The van der Waals surface area contributed by atoms with Crippen LogP contribution in [0.1, 0.15) is 19.8 Å². The summed E-state index contributed by atoms with van der Waals surface area (Å²) in [6, 6.07) is 6.24. The predicted molar refractivity (Wildman–Crippen MR) is 93.0 cm³/mol. The lowest BCUT2D eigenvalue weighted by molar-refractivity contribution is -0.384. The van der Waals surface area contributed by atoms with Gasteiger partial charge in [-0.15, -0.1) is 5.10 Å². The minimum absolute atomic E-state index is 0.00663. The molecular formula is C17H21N5O4. The standard InChI is InChI=1S/C17H21N5O4/c1-2-26-17(23)14-6-4-8-20(10-14)12-21-11-18-16(19-21)13-5-3-7-15(9-13)22(24)25/h3,5,7,9,11,14H,2,4,6,8,10,12H2,1H3/t14-/m0/s1. The van der Waals surface area contributed by atoms with Crippen LogP contribution in [0.2, 0.25) is 0 Å². The van der Waals surface area contributed by atoms with E-state index in [-0.39, 0.29) is 17.6 Å². The van der Waals surface area contributed by atoms with Crippen molar-refractivity contribution in [3.63, 3.8) is 0 Å². The Morgan fingerprint density at radius 2 is 2.31 bits per heavy atom. The number of hydrogen-bond donors (Lipinski definition) is 0. The van der Waals surface area contributed by atoms with Crippen molar-refractivity contribution in [2.24, 2.45) is 5.92 Å². The van der Waals surface area contributed by atoms with E-state index in [1.807, 2.05) is 6.92 Å². The number of esters is 1. The van der Waals surface area contributed by atoms with E-state index in [4.69, 9.17) is 4.74 Å². The van der Waals surface area contributed by atoms with E-state index in [1.165, 1.54) is 12.1 Å². The smallest absolute Gasteiger partial charge is 0.310 e. The lowest BCUT2D eigenvalue weighted by atomic mass is 9.99. The number of non-ortho nitro benzene ring substituents is 1. The first-order valence-electron chi connectivity index (χ1n) is 8.60. The number of aromatic nitrogens is 3. The van der Waals surface area contributed by atoms with E-state index < -0.39 is 4.92 Å². The second-order valence-electron chi connectivity index (χ2n) is 6.22. The minimum atomic E-state index is -0.441. The molecule has 1 aliphatic rings. The molecule has 0 amide bonds. The average Bonchev–Trinajstić information content (AvgIpc) is 3.11. The van der Waals surface area contributed by atoms with Crippen LogP contribution in [0, 0.1) is 16.0 Å². The first-order chi connectivity index (χ1) is 12.6. The zero-order valence-corrected chi connectivity index (χ0v) is 14.6. The van der Waals surface area contributed by atoms with Crippen LogP contribution >= 0.6 is 0 Å². The number of hydrogen-bond acceptors (Lipinski definition) is 7. The van der Waals surface area contributed by atoms with Crippen molar-refractivity contribution in [2.45, 2.75) is 26.4 Å². The Morgan fingerprint density at radius 3 is 3.08 bits per heavy atom. The van der Waals surface area contributed by atoms with Crippen molar-refractivity contribution in [2.75, 3.05) is 19.7 Å². The Bertz CT molecular complexity index is 791. The van der Waals surface area contributed by atoms with Gasteiger partial charge in [-0.2, -0.15) is 0 Å². The lowest BCUT2D eigenvalue weighted by Gasteiger charge is -2.30. The zero-order chi connectivity index (χ0) is 18.5. The fraction of sp³-hybridized carbons (Fsp3) is 0.471. The SMILES string of the molecule is CCOC(=O)[C@H]1CCCN(Cn2cnc(-c3cccc([N+](=O)[O-])c3)n2)C1. The lowest BCUT2D eigenvalue weighted by Crippen LogP contribution is -2.40. The summed E-state index contributed by atoms with van der Waals surface area (Å²) < 4.78 is 6.80. The number of piperidine rings is 1. The molecule has 1 fully saturated rings. The number of nitro benzene ring substituents is 1. The van der Waals surface area contributed by atoms with Crippen molar-refractivity contribution >= 4 is 11.7 Å². The van der Waals surface area contributed by atoms with Crippen molar-refractivity contribution in [1.82, 2.24) is 19.7 Å². The maximum Gasteiger partial charge on any atom is 0.310 e. The quantitative estimate of drug-likeness (QED) is 0.442.